The molecule has 1 aromatic carbocycles. The fourth-order valence-corrected chi connectivity index (χ4v) is 2.47. The minimum atomic E-state index is -0.255. The average Bonchev–Trinajstić information content (AvgIpc) is 2.80. The fraction of sp³-hybridized carbons (Fsp3) is 0.500. The number of halogens is 1. The van der Waals surface area contributed by atoms with Gasteiger partial charge in [0.1, 0.15) is 5.82 Å². The van der Waals surface area contributed by atoms with E-state index in [4.69, 9.17) is 0 Å². The Morgan fingerprint density at radius 1 is 1.53 bits per heavy atom. The van der Waals surface area contributed by atoms with Crippen molar-refractivity contribution in [2.75, 3.05) is 6.54 Å². The maximum atomic E-state index is 13.2. The van der Waals surface area contributed by atoms with Gasteiger partial charge in [0.15, 0.2) is 0 Å². The fourth-order valence-electron chi connectivity index (χ4n) is 2.47. The van der Waals surface area contributed by atoms with Gasteiger partial charge >= 0.3 is 0 Å². The van der Waals surface area contributed by atoms with E-state index >= 15 is 0 Å². The Morgan fingerprint density at radius 2 is 2.29 bits per heavy atom. The third-order valence-corrected chi connectivity index (χ3v) is 3.51. The molecule has 0 aliphatic carbocycles. The van der Waals surface area contributed by atoms with Crippen LogP contribution in [0.1, 0.15) is 42.1 Å². The second-order valence-electron chi connectivity index (χ2n) is 4.67. The molecule has 0 bridgehead atoms. The number of hydrogen-bond acceptors (Lipinski definition) is 1. The van der Waals surface area contributed by atoms with Gasteiger partial charge in [-0.15, -0.1) is 0 Å². The Labute approximate surface area is 101 Å². The molecule has 1 atom stereocenters. The van der Waals surface area contributed by atoms with E-state index < -0.39 is 0 Å². The van der Waals surface area contributed by atoms with Gasteiger partial charge in [0.2, 0.25) is 0 Å². The van der Waals surface area contributed by atoms with Crippen molar-refractivity contribution in [1.82, 2.24) is 4.90 Å². The van der Waals surface area contributed by atoms with Gasteiger partial charge in [0.05, 0.1) is 0 Å². The molecule has 1 amide bonds. The molecular weight excluding hydrogens is 217 g/mol. The summed E-state index contributed by atoms with van der Waals surface area (Å²) in [7, 11) is 0. The van der Waals surface area contributed by atoms with Crippen molar-refractivity contribution >= 4 is 5.91 Å². The number of carbonyl (C=O) groups excluding carboxylic acids is 1. The first-order valence-electron chi connectivity index (χ1n) is 6.20. The molecule has 1 aliphatic heterocycles. The lowest BCUT2D eigenvalue weighted by Crippen LogP contribution is -2.35. The Hall–Kier alpha value is -1.38. The van der Waals surface area contributed by atoms with Crippen molar-refractivity contribution in [3.63, 3.8) is 0 Å². The molecule has 0 N–H and O–H groups in total. The molecule has 2 nitrogen and oxygen atoms in total. The number of aryl methyl sites for hydroxylation is 1. The predicted molar refractivity (Wildman–Crippen MR) is 65.5 cm³/mol. The van der Waals surface area contributed by atoms with Crippen LogP contribution in [0, 0.1) is 12.7 Å². The highest BCUT2D eigenvalue weighted by Crippen LogP contribution is 2.22. The van der Waals surface area contributed by atoms with Crippen LogP contribution >= 0.6 is 0 Å². The van der Waals surface area contributed by atoms with Crippen LogP contribution in [0.2, 0.25) is 0 Å². The lowest BCUT2D eigenvalue weighted by molar-refractivity contribution is 0.0733. The zero-order valence-electron chi connectivity index (χ0n) is 10.4. The van der Waals surface area contributed by atoms with E-state index in [0.717, 1.165) is 25.8 Å². The Bertz CT molecular complexity index is 430. The highest BCUT2D eigenvalue weighted by molar-refractivity contribution is 5.94. The zero-order valence-corrected chi connectivity index (χ0v) is 10.4. The molecule has 1 aromatic rings. The van der Waals surface area contributed by atoms with Crippen molar-refractivity contribution in [2.45, 2.75) is 39.2 Å². The molecule has 1 unspecified atom stereocenters. The third kappa shape index (κ3) is 2.33. The maximum absolute atomic E-state index is 13.2. The van der Waals surface area contributed by atoms with E-state index in [9.17, 15) is 9.18 Å². The van der Waals surface area contributed by atoms with E-state index in [2.05, 4.69) is 6.92 Å². The van der Waals surface area contributed by atoms with Crippen LogP contribution < -0.4 is 0 Å². The molecule has 0 spiro atoms. The molecule has 3 heteroatoms. The van der Waals surface area contributed by atoms with Gasteiger partial charge in [-0.3, -0.25) is 4.79 Å². The smallest absolute Gasteiger partial charge is 0.254 e. The van der Waals surface area contributed by atoms with Crippen molar-refractivity contribution in [1.29, 1.82) is 0 Å². The van der Waals surface area contributed by atoms with Crippen molar-refractivity contribution in [2.24, 2.45) is 0 Å². The van der Waals surface area contributed by atoms with E-state index in [-0.39, 0.29) is 11.7 Å². The van der Waals surface area contributed by atoms with Crippen molar-refractivity contribution in [3.8, 4) is 0 Å². The van der Waals surface area contributed by atoms with Crippen LogP contribution in [0.15, 0.2) is 18.2 Å². The molecule has 1 fully saturated rings. The molecule has 0 aromatic heterocycles. The number of amides is 1. The monoisotopic (exact) mass is 235 g/mol. The van der Waals surface area contributed by atoms with Crippen molar-refractivity contribution < 1.29 is 9.18 Å². The highest BCUT2D eigenvalue weighted by atomic mass is 19.1. The lowest BCUT2D eigenvalue weighted by Gasteiger charge is -2.23. The summed E-state index contributed by atoms with van der Waals surface area (Å²) in [6.07, 6.45) is 3.15. The molecule has 1 saturated heterocycles. The van der Waals surface area contributed by atoms with Crippen LogP contribution in [0.25, 0.3) is 0 Å². The number of carbonyl (C=O) groups is 1. The number of likely N-dealkylation sites (tertiary alicyclic amines) is 1. The minimum Gasteiger partial charge on any atom is -0.336 e. The third-order valence-electron chi connectivity index (χ3n) is 3.51. The van der Waals surface area contributed by atoms with Crippen LogP contribution in [-0.4, -0.2) is 23.4 Å². The Morgan fingerprint density at radius 3 is 2.94 bits per heavy atom. The van der Waals surface area contributed by atoms with Gasteiger partial charge in [-0.2, -0.15) is 0 Å². The molecular formula is C14H18FNO. The van der Waals surface area contributed by atoms with Gasteiger partial charge in [-0.1, -0.05) is 6.92 Å². The molecule has 92 valence electrons. The average molecular weight is 235 g/mol. The number of nitrogens with zero attached hydrogens (tertiary/aromatic N) is 1. The summed E-state index contributed by atoms with van der Waals surface area (Å²) in [6.45, 7) is 4.62. The predicted octanol–water partition coefficient (Wildman–Crippen LogP) is 3.15. The van der Waals surface area contributed by atoms with E-state index in [1.54, 1.807) is 19.1 Å². The van der Waals surface area contributed by atoms with Crippen LogP contribution in [-0.2, 0) is 0 Å². The first-order chi connectivity index (χ1) is 8.13. The van der Waals surface area contributed by atoms with Gasteiger partial charge < -0.3 is 4.90 Å². The molecule has 17 heavy (non-hydrogen) atoms. The van der Waals surface area contributed by atoms with Crippen LogP contribution in [0.4, 0.5) is 4.39 Å². The Kier molecular flexibility index (Phi) is 3.46. The quantitative estimate of drug-likeness (QED) is 0.771. The highest BCUT2D eigenvalue weighted by Gasteiger charge is 2.28. The Balaban J connectivity index is 2.21. The summed E-state index contributed by atoms with van der Waals surface area (Å²) < 4.78 is 13.2. The van der Waals surface area contributed by atoms with Crippen LogP contribution in [0.3, 0.4) is 0 Å². The zero-order chi connectivity index (χ0) is 12.4. The summed E-state index contributed by atoms with van der Waals surface area (Å²) in [6, 6.07) is 4.95. The summed E-state index contributed by atoms with van der Waals surface area (Å²) in [5, 5.41) is 0. The largest absolute Gasteiger partial charge is 0.336 e. The summed E-state index contributed by atoms with van der Waals surface area (Å²) >= 11 is 0. The summed E-state index contributed by atoms with van der Waals surface area (Å²) in [5.74, 6) is -0.215. The molecule has 1 heterocycles. The standard InChI is InChI=1S/C14H18FNO/c1-3-12-5-4-8-16(12)14(17)11-6-7-13(15)10(2)9-11/h6-7,9,12H,3-5,8H2,1-2H3. The lowest BCUT2D eigenvalue weighted by atomic mass is 10.1. The van der Waals surface area contributed by atoms with Crippen molar-refractivity contribution in [3.05, 3.63) is 35.1 Å². The minimum absolute atomic E-state index is 0.0393. The topological polar surface area (TPSA) is 20.3 Å². The second kappa shape index (κ2) is 4.86. The first kappa shape index (κ1) is 12.1. The van der Waals surface area contributed by atoms with Gasteiger partial charge in [-0.25, -0.2) is 4.39 Å². The molecule has 1 aliphatic rings. The summed E-state index contributed by atoms with van der Waals surface area (Å²) in [5.41, 5.74) is 1.13. The van der Waals surface area contributed by atoms with Gasteiger partial charge in [0.25, 0.3) is 5.91 Å². The van der Waals surface area contributed by atoms with E-state index in [1.165, 1.54) is 6.07 Å². The second-order valence-corrected chi connectivity index (χ2v) is 4.67. The van der Waals surface area contributed by atoms with E-state index in [0.29, 0.717) is 17.2 Å². The van der Waals surface area contributed by atoms with E-state index in [1.807, 2.05) is 4.90 Å². The van der Waals surface area contributed by atoms with Gasteiger partial charge in [-0.05, 0) is 49.9 Å². The first-order valence-corrected chi connectivity index (χ1v) is 6.20. The maximum Gasteiger partial charge on any atom is 0.254 e. The number of rotatable bonds is 2. The normalized spacial score (nSPS) is 19.7. The number of hydrogen-bond donors (Lipinski definition) is 0. The molecule has 0 saturated carbocycles. The van der Waals surface area contributed by atoms with Gasteiger partial charge in [0, 0.05) is 18.2 Å². The summed E-state index contributed by atoms with van der Waals surface area (Å²) in [4.78, 5) is 14.2. The van der Waals surface area contributed by atoms with Crippen LogP contribution in [0.5, 0.6) is 0 Å². The SMILES string of the molecule is CCC1CCCN1C(=O)c1ccc(F)c(C)c1. The number of benzene rings is 1. The molecule has 0 radical (unpaired) electrons. The molecule has 2 rings (SSSR count).